The Bertz CT molecular complexity index is 2540. The molecule has 16 nitrogen and oxygen atoms in total. The minimum Gasteiger partial charge on any atom is -0.492 e. The van der Waals surface area contributed by atoms with Crippen LogP contribution in [-0.2, 0) is 24.2 Å². The number of H-pyrrole nitrogens is 1. The molecule has 5 aromatic heterocycles. The molecule has 7 heterocycles. The lowest BCUT2D eigenvalue weighted by Gasteiger charge is -2.36. The Hall–Kier alpha value is -6.23. The fraction of sp³-hybridized carbons (Fsp3) is 0.413. The molecular weight excluding hydrogens is 787 g/mol. The van der Waals surface area contributed by atoms with Gasteiger partial charge in [-0.2, -0.15) is 0 Å². The van der Waals surface area contributed by atoms with Crippen LogP contribution in [0, 0.1) is 0 Å². The maximum absolute atomic E-state index is 13.4. The minimum atomic E-state index is -0.280. The first-order valence-corrected chi connectivity index (χ1v) is 21.5. The van der Waals surface area contributed by atoms with Gasteiger partial charge in [-0.25, -0.2) is 15.0 Å². The third kappa shape index (κ3) is 10.3. The van der Waals surface area contributed by atoms with Crippen molar-refractivity contribution in [3.63, 3.8) is 0 Å². The number of nitrogens with one attached hydrogen (secondary N) is 2. The van der Waals surface area contributed by atoms with Gasteiger partial charge in [0.05, 0.1) is 48.5 Å². The average molecular weight is 842 g/mol. The third-order valence-electron chi connectivity index (χ3n) is 11.6. The first-order valence-electron chi connectivity index (χ1n) is 21.5. The lowest BCUT2D eigenvalue weighted by Crippen LogP contribution is -2.46. The molecule has 1 aromatic carbocycles. The van der Waals surface area contributed by atoms with Crippen LogP contribution in [-0.4, -0.2) is 142 Å². The minimum absolute atomic E-state index is 0.000876. The Balaban J connectivity index is 0.747. The highest BCUT2D eigenvalue weighted by molar-refractivity contribution is 5.94. The van der Waals surface area contributed by atoms with Gasteiger partial charge in [-0.1, -0.05) is 25.1 Å². The number of aryl methyl sites for hydroxylation is 1. The number of piperazine rings is 1. The van der Waals surface area contributed by atoms with Crippen LogP contribution in [0.5, 0.6) is 5.75 Å². The van der Waals surface area contributed by atoms with E-state index in [4.69, 9.17) is 9.47 Å². The number of carbonyl (C=O) groups is 2. The molecule has 0 radical (unpaired) electrons. The predicted molar refractivity (Wildman–Crippen MR) is 238 cm³/mol. The summed E-state index contributed by atoms with van der Waals surface area (Å²) < 4.78 is 14.1. The van der Waals surface area contributed by atoms with Gasteiger partial charge >= 0.3 is 0 Å². The highest BCUT2D eigenvalue weighted by Crippen LogP contribution is 2.23. The number of aromatic amines is 1. The van der Waals surface area contributed by atoms with E-state index in [0.29, 0.717) is 81.2 Å². The molecule has 0 atom stereocenters. The fourth-order valence-corrected chi connectivity index (χ4v) is 7.99. The number of likely N-dealkylation sites (N-methyl/N-ethyl adjacent to an activating group) is 1. The molecule has 324 valence electrons. The molecule has 2 saturated heterocycles. The SMILES string of the molecule is CCc1cc2ncc(CN3CCN(c4ccc(C(=O)N5CCC(OCCNC(=O)c6ccc7ncn(Cc8ccccc8OCCN(C)C)c7n6)CC5)nc4)CC3)cc2[nH]c1=O. The highest BCUT2D eigenvalue weighted by Gasteiger charge is 2.26. The van der Waals surface area contributed by atoms with Crippen molar-refractivity contribution in [1.82, 2.24) is 49.5 Å². The van der Waals surface area contributed by atoms with E-state index in [1.807, 2.05) is 91.3 Å². The van der Waals surface area contributed by atoms with Gasteiger partial charge in [0.15, 0.2) is 5.65 Å². The molecule has 2 aliphatic rings. The molecule has 8 rings (SSSR count). The fourth-order valence-electron chi connectivity index (χ4n) is 7.99. The maximum atomic E-state index is 13.4. The van der Waals surface area contributed by atoms with Crippen LogP contribution in [0.2, 0.25) is 0 Å². The predicted octanol–water partition coefficient (Wildman–Crippen LogP) is 3.99. The molecular formula is C46H55N11O5. The smallest absolute Gasteiger partial charge is 0.272 e. The van der Waals surface area contributed by atoms with Crippen LogP contribution in [0.25, 0.3) is 22.2 Å². The standard InChI is InChI=1S/C46H55N11O5/c1-4-33-26-40-41(52-44(33)58)25-32(27-48-40)29-54-18-20-55(21-19-54)35-9-10-39(49-28-35)46(60)56-16-13-36(14-17-56)61-23-15-47-45(59)38-12-11-37-43(51-38)57(31-50-37)30-34-7-5-6-8-42(34)62-24-22-53(2)3/h5-12,25-28,31,36H,4,13-24,29-30H2,1-3H3,(H,47,59)(H,52,58). The topological polar surface area (TPSA) is 167 Å². The number of carbonyl (C=O) groups excluding carboxylic acids is 2. The number of nitrogens with zero attached hydrogens (tertiary/aromatic N) is 9. The molecule has 62 heavy (non-hydrogen) atoms. The second kappa shape index (κ2) is 19.6. The first kappa shape index (κ1) is 42.5. The summed E-state index contributed by atoms with van der Waals surface area (Å²) in [6.07, 6.45) is 7.53. The quantitative estimate of drug-likeness (QED) is 0.135. The Morgan fingerprint density at radius 3 is 2.44 bits per heavy atom. The summed E-state index contributed by atoms with van der Waals surface area (Å²) >= 11 is 0. The number of para-hydroxylation sites is 1. The van der Waals surface area contributed by atoms with Gasteiger partial charge in [-0.05, 0) is 81.4 Å². The van der Waals surface area contributed by atoms with Crippen molar-refractivity contribution in [2.75, 3.05) is 84.6 Å². The van der Waals surface area contributed by atoms with Crippen LogP contribution in [0.3, 0.4) is 0 Å². The monoisotopic (exact) mass is 841 g/mol. The largest absolute Gasteiger partial charge is 0.492 e. The lowest BCUT2D eigenvalue weighted by molar-refractivity contribution is 0.00991. The zero-order chi connectivity index (χ0) is 43.0. The van der Waals surface area contributed by atoms with Crippen molar-refractivity contribution in [3.05, 3.63) is 118 Å². The van der Waals surface area contributed by atoms with Crippen LogP contribution in [0.4, 0.5) is 5.69 Å². The van der Waals surface area contributed by atoms with Crippen molar-refractivity contribution < 1.29 is 19.1 Å². The van der Waals surface area contributed by atoms with E-state index in [0.717, 1.165) is 78.4 Å². The van der Waals surface area contributed by atoms with Gasteiger partial charge in [-0.15, -0.1) is 0 Å². The highest BCUT2D eigenvalue weighted by atomic mass is 16.5. The van der Waals surface area contributed by atoms with Crippen molar-refractivity contribution in [2.24, 2.45) is 0 Å². The number of aromatic nitrogens is 6. The van der Waals surface area contributed by atoms with Gasteiger partial charge in [-0.3, -0.25) is 24.3 Å². The van der Waals surface area contributed by atoms with E-state index in [1.54, 1.807) is 18.6 Å². The second-order valence-electron chi connectivity index (χ2n) is 16.2. The number of rotatable bonds is 16. The maximum Gasteiger partial charge on any atom is 0.272 e. The third-order valence-corrected chi connectivity index (χ3v) is 11.6. The molecule has 2 N–H and O–H groups in total. The molecule has 2 amide bonds. The van der Waals surface area contributed by atoms with E-state index < -0.39 is 0 Å². The Kier molecular flexibility index (Phi) is 13.5. The van der Waals surface area contributed by atoms with E-state index in [9.17, 15) is 14.4 Å². The summed E-state index contributed by atoms with van der Waals surface area (Å²) in [5.74, 6) is 0.455. The molecule has 0 spiro atoms. The number of benzene rings is 1. The number of hydrogen-bond donors (Lipinski definition) is 2. The van der Waals surface area contributed by atoms with Crippen LogP contribution < -0.4 is 20.5 Å². The van der Waals surface area contributed by atoms with Crippen LogP contribution >= 0.6 is 0 Å². The molecule has 0 saturated carbocycles. The normalized spacial score (nSPS) is 15.2. The van der Waals surface area contributed by atoms with Crippen molar-refractivity contribution in [3.8, 4) is 5.75 Å². The Labute approximate surface area is 360 Å². The number of fused-ring (bicyclic) bond motifs is 2. The van der Waals surface area contributed by atoms with Gasteiger partial charge in [0, 0.05) is 76.2 Å². The van der Waals surface area contributed by atoms with Gasteiger partial charge in [0.1, 0.15) is 29.3 Å². The summed E-state index contributed by atoms with van der Waals surface area (Å²) in [6, 6.07) is 19.1. The summed E-state index contributed by atoms with van der Waals surface area (Å²) in [5, 5.41) is 2.93. The molecule has 0 unspecified atom stereocenters. The number of ether oxygens (including phenoxy) is 2. The number of piperidine rings is 1. The van der Waals surface area contributed by atoms with Gasteiger partial charge < -0.3 is 39.0 Å². The summed E-state index contributed by atoms with van der Waals surface area (Å²) in [6.45, 7) is 9.90. The van der Waals surface area contributed by atoms with E-state index in [2.05, 4.69) is 44.9 Å². The second-order valence-corrected chi connectivity index (χ2v) is 16.2. The van der Waals surface area contributed by atoms with Crippen molar-refractivity contribution >= 4 is 39.7 Å². The average Bonchev–Trinajstić information content (AvgIpc) is 3.70. The Morgan fingerprint density at radius 2 is 1.66 bits per heavy atom. The molecule has 2 fully saturated rings. The van der Waals surface area contributed by atoms with Gasteiger partial charge in [0.25, 0.3) is 17.4 Å². The van der Waals surface area contributed by atoms with Gasteiger partial charge in [0.2, 0.25) is 0 Å². The van der Waals surface area contributed by atoms with Crippen molar-refractivity contribution in [2.45, 2.75) is 45.4 Å². The number of likely N-dealkylation sites (tertiary alicyclic amines) is 1. The first-order chi connectivity index (χ1) is 30.2. The molecule has 6 aromatic rings. The summed E-state index contributed by atoms with van der Waals surface area (Å²) in [4.78, 5) is 68.7. The lowest BCUT2D eigenvalue weighted by atomic mass is 10.1. The number of pyridine rings is 4. The molecule has 2 aliphatic heterocycles. The molecule has 0 bridgehead atoms. The van der Waals surface area contributed by atoms with E-state index >= 15 is 0 Å². The Morgan fingerprint density at radius 1 is 0.855 bits per heavy atom. The van der Waals surface area contributed by atoms with Crippen LogP contribution in [0.1, 0.15) is 57.4 Å². The number of anilines is 1. The zero-order valence-electron chi connectivity index (χ0n) is 35.8. The number of hydrogen-bond acceptors (Lipinski definition) is 12. The van der Waals surface area contributed by atoms with Crippen LogP contribution in [0.15, 0.2) is 84.2 Å². The molecule has 0 aliphatic carbocycles. The number of amides is 2. The number of imidazole rings is 1. The zero-order valence-corrected chi connectivity index (χ0v) is 35.8. The van der Waals surface area contributed by atoms with E-state index in [1.165, 1.54) is 0 Å². The summed E-state index contributed by atoms with van der Waals surface area (Å²) in [7, 11) is 4.03. The van der Waals surface area contributed by atoms with E-state index in [-0.39, 0.29) is 23.5 Å². The molecule has 16 heteroatoms. The summed E-state index contributed by atoms with van der Waals surface area (Å²) in [5.41, 5.74) is 7.42. The van der Waals surface area contributed by atoms with Crippen molar-refractivity contribution in [1.29, 1.82) is 0 Å².